The topological polar surface area (TPSA) is 3.24 Å². The highest BCUT2D eigenvalue weighted by molar-refractivity contribution is 4.80. The Kier molecular flexibility index (Phi) is 4.07. The predicted octanol–water partition coefficient (Wildman–Crippen LogP) is 3.54. The first-order valence-corrected chi connectivity index (χ1v) is 6.96. The van der Waals surface area contributed by atoms with Gasteiger partial charge in [-0.05, 0) is 50.7 Å². The fraction of sp³-hybridized carbons (Fsp3) is 1.00. The first kappa shape index (κ1) is 11.4. The predicted molar refractivity (Wildman–Crippen MR) is 66.0 cm³/mol. The average Bonchev–Trinajstić information content (AvgIpc) is 2.30. The Hall–Kier alpha value is -0.0400. The molecule has 1 aliphatic heterocycles. The van der Waals surface area contributed by atoms with Crippen LogP contribution in [0.15, 0.2) is 0 Å². The highest BCUT2D eigenvalue weighted by atomic mass is 15.1. The molecular weight excluding hydrogens is 182 g/mol. The second kappa shape index (κ2) is 5.34. The van der Waals surface area contributed by atoms with Gasteiger partial charge in [-0.15, -0.1) is 0 Å². The van der Waals surface area contributed by atoms with Gasteiger partial charge in [-0.1, -0.05) is 39.0 Å². The maximum Gasteiger partial charge on any atom is -0.00190 e. The number of rotatable bonds is 2. The first-order valence-electron chi connectivity index (χ1n) is 6.96. The fourth-order valence-electron chi connectivity index (χ4n) is 3.60. The van der Waals surface area contributed by atoms with Crippen molar-refractivity contribution in [3.63, 3.8) is 0 Å². The van der Waals surface area contributed by atoms with E-state index >= 15 is 0 Å². The molecular formula is C14H27N. The molecule has 0 bridgehead atoms. The molecule has 1 nitrogen and oxygen atoms in total. The molecule has 0 amide bonds. The minimum atomic E-state index is 0.999. The molecule has 0 spiro atoms. The largest absolute Gasteiger partial charge is 0.306 e. The molecule has 0 aromatic carbocycles. The van der Waals surface area contributed by atoms with Crippen molar-refractivity contribution in [2.75, 3.05) is 20.1 Å². The normalized spacial score (nSPS) is 29.2. The summed E-state index contributed by atoms with van der Waals surface area (Å²) >= 11 is 0. The van der Waals surface area contributed by atoms with E-state index in [9.17, 15) is 0 Å². The lowest BCUT2D eigenvalue weighted by Crippen LogP contribution is -2.35. The molecule has 0 radical (unpaired) electrons. The third-order valence-electron chi connectivity index (χ3n) is 4.90. The number of piperidine rings is 1. The second-order valence-corrected chi connectivity index (χ2v) is 5.90. The summed E-state index contributed by atoms with van der Waals surface area (Å²) < 4.78 is 0. The van der Waals surface area contributed by atoms with Crippen molar-refractivity contribution in [2.24, 2.45) is 17.8 Å². The SMILES string of the molecule is CC(C1CCCCC1)C1CCN(C)CC1. The molecule has 1 heterocycles. The van der Waals surface area contributed by atoms with E-state index in [4.69, 9.17) is 0 Å². The Balaban J connectivity index is 1.81. The maximum absolute atomic E-state index is 2.53. The van der Waals surface area contributed by atoms with Crippen molar-refractivity contribution in [3.05, 3.63) is 0 Å². The van der Waals surface area contributed by atoms with E-state index in [1.807, 2.05) is 0 Å². The van der Waals surface area contributed by atoms with Gasteiger partial charge in [0.05, 0.1) is 0 Å². The van der Waals surface area contributed by atoms with Gasteiger partial charge >= 0.3 is 0 Å². The van der Waals surface area contributed by atoms with Crippen LogP contribution >= 0.6 is 0 Å². The molecule has 2 aliphatic rings. The Morgan fingerprint density at radius 3 is 2.00 bits per heavy atom. The molecule has 2 fully saturated rings. The first-order chi connectivity index (χ1) is 7.27. The summed E-state index contributed by atoms with van der Waals surface area (Å²) in [6.45, 7) is 5.20. The van der Waals surface area contributed by atoms with E-state index in [-0.39, 0.29) is 0 Å². The van der Waals surface area contributed by atoms with Crippen LogP contribution in [0.5, 0.6) is 0 Å². The lowest BCUT2D eigenvalue weighted by atomic mass is 9.72. The van der Waals surface area contributed by atoms with Crippen molar-refractivity contribution >= 4 is 0 Å². The van der Waals surface area contributed by atoms with Crippen molar-refractivity contribution < 1.29 is 0 Å². The smallest absolute Gasteiger partial charge is 0.00190 e. The summed E-state index contributed by atoms with van der Waals surface area (Å²) in [5.41, 5.74) is 0. The number of hydrogen-bond acceptors (Lipinski definition) is 1. The zero-order chi connectivity index (χ0) is 10.7. The number of likely N-dealkylation sites (tertiary alicyclic amines) is 1. The van der Waals surface area contributed by atoms with Crippen LogP contribution < -0.4 is 0 Å². The van der Waals surface area contributed by atoms with E-state index in [1.165, 1.54) is 58.0 Å². The van der Waals surface area contributed by atoms with Gasteiger partial charge in [-0.2, -0.15) is 0 Å². The molecule has 1 atom stereocenters. The fourth-order valence-corrected chi connectivity index (χ4v) is 3.60. The maximum atomic E-state index is 2.53. The molecule has 2 rings (SSSR count). The molecule has 0 N–H and O–H groups in total. The Labute approximate surface area is 95.2 Å². The van der Waals surface area contributed by atoms with Gasteiger partial charge in [0.25, 0.3) is 0 Å². The molecule has 1 heteroatoms. The van der Waals surface area contributed by atoms with Crippen molar-refractivity contribution in [3.8, 4) is 0 Å². The quantitative estimate of drug-likeness (QED) is 0.672. The molecule has 15 heavy (non-hydrogen) atoms. The molecule has 1 unspecified atom stereocenters. The Morgan fingerprint density at radius 1 is 0.867 bits per heavy atom. The third-order valence-corrected chi connectivity index (χ3v) is 4.90. The van der Waals surface area contributed by atoms with Crippen LogP contribution in [0.4, 0.5) is 0 Å². The molecule has 0 aromatic heterocycles. The van der Waals surface area contributed by atoms with Crippen LogP contribution in [0.25, 0.3) is 0 Å². The van der Waals surface area contributed by atoms with Crippen LogP contribution in [0, 0.1) is 17.8 Å². The van der Waals surface area contributed by atoms with Crippen molar-refractivity contribution in [1.82, 2.24) is 4.90 Å². The van der Waals surface area contributed by atoms with Gasteiger partial charge in [-0.25, -0.2) is 0 Å². The average molecular weight is 209 g/mol. The van der Waals surface area contributed by atoms with Crippen LogP contribution in [-0.2, 0) is 0 Å². The molecule has 1 saturated carbocycles. The highest BCUT2D eigenvalue weighted by Gasteiger charge is 2.28. The van der Waals surface area contributed by atoms with E-state index in [2.05, 4.69) is 18.9 Å². The molecule has 1 aliphatic carbocycles. The van der Waals surface area contributed by atoms with Crippen LogP contribution in [0.3, 0.4) is 0 Å². The van der Waals surface area contributed by atoms with Gasteiger partial charge in [-0.3, -0.25) is 0 Å². The summed E-state index contributed by atoms with van der Waals surface area (Å²) in [7, 11) is 2.27. The van der Waals surface area contributed by atoms with E-state index in [1.54, 1.807) is 0 Å². The Morgan fingerprint density at radius 2 is 1.40 bits per heavy atom. The zero-order valence-corrected chi connectivity index (χ0v) is 10.5. The summed E-state index contributed by atoms with van der Waals surface area (Å²) in [6.07, 6.45) is 10.4. The van der Waals surface area contributed by atoms with Gasteiger partial charge in [0.2, 0.25) is 0 Å². The number of hydrogen-bond donors (Lipinski definition) is 0. The van der Waals surface area contributed by atoms with Crippen LogP contribution in [0.2, 0.25) is 0 Å². The van der Waals surface area contributed by atoms with Crippen LogP contribution in [0.1, 0.15) is 51.9 Å². The minimum absolute atomic E-state index is 0.999. The van der Waals surface area contributed by atoms with Crippen molar-refractivity contribution in [2.45, 2.75) is 51.9 Å². The molecule has 0 aromatic rings. The zero-order valence-electron chi connectivity index (χ0n) is 10.5. The molecule has 88 valence electrons. The summed E-state index contributed by atoms with van der Waals surface area (Å²) in [6, 6.07) is 0. The van der Waals surface area contributed by atoms with Gasteiger partial charge in [0, 0.05) is 0 Å². The highest BCUT2D eigenvalue weighted by Crippen LogP contribution is 2.37. The van der Waals surface area contributed by atoms with Crippen LogP contribution in [-0.4, -0.2) is 25.0 Å². The third kappa shape index (κ3) is 2.96. The van der Waals surface area contributed by atoms with E-state index < -0.39 is 0 Å². The lowest BCUT2D eigenvalue weighted by Gasteiger charge is -2.38. The standard InChI is InChI=1S/C14H27N/c1-12(13-6-4-3-5-7-13)14-8-10-15(2)11-9-14/h12-14H,3-11H2,1-2H3. The lowest BCUT2D eigenvalue weighted by molar-refractivity contribution is 0.124. The summed E-state index contributed by atoms with van der Waals surface area (Å²) in [5, 5.41) is 0. The monoisotopic (exact) mass is 209 g/mol. The van der Waals surface area contributed by atoms with Crippen molar-refractivity contribution in [1.29, 1.82) is 0 Å². The van der Waals surface area contributed by atoms with E-state index in [0.717, 1.165) is 17.8 Å². The second-order valence-electron chi connectivity index (χ2n) is 5.90. The van der Waals surface area contributed by atoms with Gasteiger partial charge in [0.15, 0.2) is 0 Å². The number of nitrogens with zero attached hydrogens (tertiary/aromatic N) is 1. The van der Waals surface area contributed by atoms with Gasteiger partial charge < -0.3 is 4.90 Å². The van der Waals surface area contributed by atoms with Gasteiger partial charge in [0.1, 0.15) is 0 Å². The summed E-state index contributed by atoms with van der Waals surface area (Å²) in [5.74, 6) is 3.09. The minimum Gasteiger partial charge on any atom is -0.306 e. The summed E-state index contributed by atoms with van der Waals surface area (Å²) in [4.78, 5) is 2.49. The molecule has 1 saturated heterocycles. The Bertz CT molecular complexity index is 176. The van der Waals surface area contributed by atoms with E-state index in [0.29, 0.717) is 0 Å².